The summed E-state index contributed by atoms with van der Waals surface area (Å²) in [5, 5.41) is 0.672. The molecule has 0 saturated carbocycles. The van der Waals surface area contributed by atoms with Crippen LogP contribution in [0.25, 0.3) is 10.2 Å². The molecule has 1 aromatic carbocycles. The van der Waals surface area contributed by atoms with Crippen LogP contribution in [0.1, 0.15) is 60.0 Å². The van der Waals surface area contributed by atoms with Crippen molar-refractivity contribution in [3.63, 3.8) is 0 Å². The molecule has 0 spiro atoms. The fourth-order valence-corrected chi connectivity index (χ4v) is 5.85. The van der Waals surface area contributed by atoms with Crippen LogP contribution in [0.5, 0.6) is 5.75 Å². The molecule has 1 atom stereocenters. The molecule has 0 N–H and O–H groups in total. The molecule has 1 unspecified atom stereocenters. The predicted octanol–water partition coefficient (Wildman–Crippen LogP) is 3.92. The highest BCUT2D eigenvalue weighted by atomic mass is 32.1. The third kappa shape index (κ3) is 3.33. The molecule has 7 nitrogen and oxygen atoms in total. The third-order valence-corrected chi connectivity index (χ3v) is 7.53. The Labute approximate surface area is 189 Å². The van der Waals surface area contributed by atoms with Gasteiger partial charge in [-0.3, -0.25) is 19.0 Å². The smallest absolute Gasteiger partial charge is 0.265 e. The highest BCUT2D eigenvalue weighted by Gasteiger charge is 2.28. The van der Waals surface area contributed by atoms with Gasteiger partial charge in [-0.15, -0.1) is 11.3 Å². The number of ether oxygens (including phenoxy) is 1. The van der Waals surface area contributed by atoms with E-state index in [-0.39, 0.29) is 23.9 Å². The van der Waals surface area contributed by atoms with Crippen molar-refractivity contribution in [3.8, 4) is 5.75 Å². The molecule has 166 valence electrons. The van der Waals surface area contributed by atoms with Gasteiger partial charge in [-0.2, -0.15) is 0 Å². The number of anilines is 1. The first-order valence-electron chi connectivity index (χ1n) is 11.1. The molecule has 0 radical (unpaired) electrons. The zero-order valence-corrected chi connectivity index (χ0v) is 19.0. The van der Waals surface area contributed by atoms with E-state index in [1.165, 1.54) is 15.8 Å². The lowest BCUT2D eigenvalue weighted by Gasteiger charge is -2.29. The van der Waals surface area contributed by atoms with E-state index in [1.54, 1.807) is 41.4 Å². The van der Waals surface area contributed by atoms with E-state index in [4.69, 9.17) is 4.74 Å². The van der Waals surface area contributed by atoms with E-state index >= 15 is 0 Å². The maximum Gasteiger partial charge on any atom is 0.265 e. The van der Waals surface area contributed by atoms with Crippen molar-refractivity contribution in [2.24, 2.45) is 0 Å². The highest BCUT2D eigenvalue weighted by molar-refractivity contribution is 7.18. The standard InChI is InChI=1S/C24H25N3O4S/c1-3-10-26-17-11-15(8-9-18(17)31-12-20(26)28)22(29)14(2)27-13-25-23-21(24(27)30)16-6-4-5-7-19(16)32-23/h8-9,11,13-14H,3-7,10,12H2,1-2H3. The maximum absolute atomic E-state index is 13.4. The van der Waals surface area contributed by atoms with Gasteiger partial charge in [0.15, 0.2) is 12.4 Å². The summed E-state index contributed by atoms with van der Waals surface area (Å²) in [6.07, 6.45) is 6.39. The van der Waals surface area contributed by atoms with Crippen LogP contribution < -0.4 is 15.2 Å². The molecule has 0 bridgehead atoms. The van der Waals surface area contributed by atoms with Gasteiger partial charge >= 0.3 is 0 Å². The number of fused-ring (bicyclic) bond motifs is 4. The number of aryl methyl sites for hydroxylation is 2. The van der Waals surface area contributed by atoms with E-state index in [0.29, 0.717) is 28.9 Å². The summed E-state index contributed by atoms with van der Waals surface area (Å²) in [7, 11) is 0. The molecule has 1 aliphatic heterocycles. The summed E-state index contributed by atoms with van der Waals surface area (Å²) in [6, 6.07) is 4.41. The van der Waals surface area contributed by atoms with Crippen LogP contribution in [0.15, 0.2) is 29.3 Å². The lowest BCUT2D eigenvalue weighted by molar-refractivity contribution is -0.121. The van der Waals surface area contributed by atoms with Crippen molar-refractivity contribution in [3.05, 3.63) is 50.9 Å². The van der Waals surface area contributed by atoms with Crippen LogP contribution in [-0.4, -0.2) is 34.4 Å². The minimum Gasteiger partial charge on any atom is -0.482 e. The summed E-state index contributed by atoms with van der Waals surface area (Å²) in [5.41, 5.74) is 2.01. The van der Waals surface area contributed by atoms with Crippen molar-refractivity contribution < 1.29 is 14.3 Å². The number of carbonyl (C=O) groups excluding carboxylic acids is 2. The Bertz CT molecular complexity index is 1290. The van der Waals surface area contributed by atoms with Crippen molar-refractivity contribution in [1.82, 2.24) is 9.55 Å². The largest absolute Gasteiger partial charge is 0.482 e. The second-order valence-corrected chi connectivity index (χ2v) is 9.49. The zero-order chi connectivity index (χ0) is 22.4. The summed E-state index contributed by atoms with van der Waals surface area (Å²) in [6.45, 7) is 4.29. The molecule has 8 heteroatoms. The number of thiophene rings is 1. The fraction of sp³-hybridized carbons (Fsp3) is 0.417. The molecular weight excluding hydrogens is 426 g/mol. The number of hydrogen-bond acceptors (Lipinski definition) is 6. The van der Waals surface area contributed by atoms with Crippen LogP contribution in [0.2, 0.25) is 0 Å². The number of nitrogens with zero attached hydrogens (tertiary/aromatic N) is 3. The van der Waals surface area contributed by atoms with Crippen molar-refractivity contribution in [2.45, 2.75) is 52.0 Å². The molecule has 32 heavy (non-hydrogen) atoms. The lowest BCUT2D eigenvalue weighted by Crippen LogP contribution is -2.39. The van der Waals surface area contributed by atoms with Gasteiger partial charge in [-0.1, -0.05) is 6.92 Å². The number of aromatic nitrogens is 2. The SMILES string of the molecule is CCCN1C(=O)COc2ccc(C(=O)C(C)n3cnc4sc5c(c4c3=O)CCCC5)cc21. The number of rotatable bonds is 5. The summed E-state index contributed by atoms with van der Waals surface area (Å²) in [4.78, 5) is 47.2. The summed E-state index contributed by atoms with van der Waals surface area (Å²) >= 11 is 1.60. The van der Waals surface area contributed by atoms with Crippen LogP contribution in [0.4, 0.5) is 5.69 Å². The average molecular weight is 452 g/mol. The molecule has 1 amide bonds. The zero-order valence-electron chi connectivity index (χ0n) is 18.2. The Morgan fingerprint density at radius 3 is 2.88 bits per heavy atom. The lowest BCUT2D eigenvalue weighted by atomic mass is 9.97. The molecular formula is C24H25N3O4S. The molecule has 2 aromatic heterocycles. The van der Waals surface area contributed by atoms with Gasteiger partial charge in [-0.05, 0) is 62.8 Å². The quantitative estimate of drug-likeness (QED) is 0.549. The molecule has 5 rings (SSSR count). The topological polar surface area (TPSA) is 81.5 Å². The second kappa shape index (κ2) is 8.16. The Hall–Kier alpha value is -3.00. The monoisotopic (exact) mass is 451 g/mol. The average Bonchev–Trinajstić information content (AvgIpc) is 3.19. The Morgan fingerprint density at radius 2 is 2.06 bits per heavy atom. The molecule has 2 aliphatic rings. The fourth-order valence-electron chi connectivity index (χ4n) is 4.63. The van der Waals surface area contributed by atoms with Gasteiger partial charge in [0.25, 0.3) is 11.5 Å². The van der Waals surface area contributed by atoms with Gasteiger partial charge in [-0.25, -0.2) is 4.98 Å². The first-order valence-corrected chi connectivity index (χ1v) is 11.9. The van der Waals surface area contributed by atoms with E-state index < -0.39 is 6.04 Å². The number of ketones is 1. The van der Waals surface area contributed by atoms with Gasteiger partial charge in [0, 0.05) is 17.0 Å². The van der Waals surface area contributed by atoms with Gasteiger partial charge in [0.2, 0.25) is 0 Å². The van der Waals surface area contributed by atoms with Gasteiger partial charge < -0.3 is 9.64 Å². The number of carbonyl (C=O) groups is 2. The number of hydrogen-bond donors (Lipinski definition) is 0. The van der Waals surface area contributed by atoms with E-state index in [2.05, 4.69) is 4.98 Å². The first-order chi connectivity index (χ1) is 15.5. The van der Waals surface area contributed by atoms with Crippen LogP contribution in [-0.2, 0) is 17.6 Å². The number of benzene rings is 1. The molecule has 3 aromatic rings. The van der Waals surface area contributed by atoms with Crippen molar-refractivity contribution in [2.75, 3.05) is 18.1 Å². The molecule has 1 aliphatic carbocycles. The molecule has 3 heterocycles. The second-order valence-electron chi connectivity index (χ2n) is 8.40. The van der Waals surface area contributed by atoms with E-state index in [0.717, 1.165) is 42.5 Å². The Kier molecular flexibility index (Phi) is 5.33. The normalized spacial score (nSPS) is 16.4. The van der Waals surface area contributed by atoms with E-state index in [9.17, 15) is 14.4 Å². The van der Waals surface area contributed by atoms with E-state index in [1.807, 2.05) is 6.92 Å². The Morgan fingerprint density at radius 1 is 1.25 bits per heavy atom. The first kappa shape index (κ1) is 20.9. The minimum absolute atomic E-state index is 0.00271. The van der Waals surface area contributed by atoms with Crippen LogP contribution in [0, 0.1) is 0 Å². The third-order valence-electron chi connectivity index (χ3n) is 6.33. The predicted molar refractivity (Wildman–Crippen MR) is 124 cm³/mol. The number of Topliss-reactive ketones (excluding diaryl/α,β-unsaturated/α-hetero) is 1. The summed E-state index contributed by atoms with van der Waals surface area (Å²) < 4.78 is 6.98. The van der Waals surface area contributed by atoms with Gasteiger partial charge in [0.1, 0.15) is 10.6 Å². The van der Waals surface area contributed by atoms with Gasteiger partial charge in [0.05, 0.1) is 23.4 Å². The van der Waals surface area contributed by atoms with Crippen LogP contribution in [0.3, 0.4) is 0 Å². The highest BCUT2D eigenvalue weighted by Crippen LogP contribution is 2.35. The van der Waals surface area contributed by atoms with Crippen LogP contribution >= 0.6 is 11.3 Å². The molecule has 0 saturated heterocycles. The summed E-state index contributed by atoms with van der Waals surface area (Å²) in [5.74, 6) is 0.270. The minimum atomic E-state index is -0.712. The van der Waals surface area contributed by atoms with Crippen molar-refractivity contribution >= 4 is 38.9 Å². The van der Waals surface area contributed by atoms with Crippen molar-refractivity contribution in [1.29, 1.82) is 0 Å². The molecule has 0 fully saturated rings. The number of amides is 1. The maximum atomic E-state index is 13.4. The Balaban J connectivity index is 1.52.